The van der Waals surface area contributed by atoms with E-state index in [9.17, 15) is 0 Å². The van der Waals surface area contributed by atoms with E-state index in [1.165, 1.54) is 27.6 Å². The molecule has 0 saturated carbocycles. The van der Waals surface area contributed by atoms with Crippen LogP contribution in [0.3, 0.4) is 0 Å². The fourth-order valence-corrected chi connectivity index (χ4v) is 5.22. The molecule has 0 atom stereocenters. The van der Waals surface area contributed by atoms with Crippen molar-refractivity contribution >= 4 is 10.9 Å². The first-order valence-corrected chi connectivity index (χ1v) is 13.0. The number of hydrogen-bond acceptors (Lipinski definition) is 3. The Bertz CT molecular complexity index is 1760. The Hall–Kier alpha value is -4.11. The molecule has 0 N–H and O–H groups in total. The molecule has 0 unspecified atom stereocenters. The van der Waals surface area contributed by atoms with Crippen LogP contribution in [0, 0.1) is 12.1 Å². The Morgan fingerprint density at radius 1 is 0.675 bits per heavy atom. The standard InChI is InChI=1S/C24H18N.C12H10NO.Ir/c1-24(2)20-9-5-4-8-18(20)19-13-11-17(15-21(19)24)23-14-12-16-7-3-6-10-22(16)25-23;1-14-11-7-5-10(6-8-11)12-4-2-3-9-13-12;/h3-10,12-15H,1-2H3;2-5,7-9H,1H3;/q2*-1;. The van der Waals surface area contributed by atoms with Gasteiger partial charge < -0.3 is 9.72 Å². The monoisotopic (exact) mass is 697 g/mol. The summed E-state index contributed by atoms with van der Waals surface area (Å²) in [5.41, 5.74) is 10.4. The minimum atomic E-state index is 0. The molecule has 0 aliphatic heterocycles. The normalized spacial score (nSPS) is 12.4. The number of para-hydroxylation sites is 1. The third-order valence-electron chi connectivity index (χ3n) is 7.35. The molecule has 7 rings (SSSR count). The van der Waals surface area contributed by atoms with Crippen LogP contribution in [0.25, 0.3) is 44.5 Å². The summed E-state index contributed by atoms with van der Waals surface area (Å²) in [5, 5.41) is 1.17. The third-order valence-corrected chi connectivity index (χ3v) is 7.35. The number of aromatic nitrogens is 2. The summed E-state index contributed by atoms with van der Waals surface area (Å²) in [6.45, 7) is 4.60. The molecule has 4 heteroatoms. The predicted molar refractivity (Wildman–Crippen MR) is 159 cm³/mol. The zero-order chi connectivity index (χ0) is 26.8. The van der Waals surface area contributed by atoms with E-state index in [4.69, 9.17) is 9.72 Å². The van der Waals surface area contributed by atoms with Crippen molar-refractivity contribution in [1.82, 2.24) is 9.97 Å². The van der Waals surface area contributed by atoms with Gasteiger partial charge in [0.15, 0.2) is 0 Å². The van der Waals surface area contributed by atoms with E-state index in [0.29, 0.717) is 0 Å². The molecule has 0 amide bonds. The van der Waals surface area contributed by atoms with E-state index in [1.54, 1.807) is 13.3 Å². The number of nitrogens with zero attached hydrogens (tertiary/aromatic N) is 2. The van der Waals surface area contributed by atoms with E-state index >= 15 is 0 Å². The quantitative estimate of drug-likeness (QED) is 0.174. The SMILES string of the molecule is CC1(C)c2ccccc2-c2c[c-]c(-c3ccc4ccccc4n3)cc21.COc1c[c-]c(-c2ccccn2)cc1.[Ir]. The summed E-state index contributed by atoms with van der Waals surface area (Å²) in [5.74, 6) is 0.810. The summed E-state index contributed by atoms with van der Waals surface area (Å²) in [6, 6.07) is 43.6. The second-order valence-corrected chi connectivity index (χ2v) is 10.1. The Morgan fingerprint density at radius 3 is 2.23 bits per heavy atom. The first kappa shape index (κ1) is 27.5. The van der Waals surface area contributed by atoms with Crippen LogP contribution in [0.4, 0.5) is 0 Å². The number of methoxy groups -OCH3 is 1. The average molecular weight is 697 g/mol. The molecule has 0 bridgehead atoms. The molecule has 1 aliphatic carbocycles. The second-order valence-electron chi connectivity index (χ2n) is 10.1. The molecule has 40 heavy (non-hydrogen) atoms. The zero-order valence-corrected chi connectivity index (χ0v) is 25.0. The Morgan fingerprint density at radius 2 is 1.45 bits per heavy atom. The number of fused-ring (bicyclic) bond motifs is 4. The molecular weight excluding hydrogens is 669 g/mol. The van der Waals surface area contributed by atoms with Gasteiger partial charge in [-0.2, -0.15) is 0 Å². The van der Waals surface area contributed by atoms with Crippen LogP contribution in [0.5, 0.6) is 5.75 Å². The molecule has 3 nitrogen and oxygen atoms in total. The molecule has 2 heterocycles. The first-order chi connectivity index (χ1) is 19.0. The van der Waals surface area contributed by atoms with Crippen molar-refractivity contribution in [3.05, 3.63) is 139 Å². The molecule has 199 valence electrons. The van der Waals surface area contributed by atoms with Gasteiger partial charge in [0.25, 0.3) is 0 Å². The molecule has 6 aromatic rings. The zero-order valence-electron chi connectivity index (χ0n) is 22.6. The van der Waals surface area contributed by atoms with E-state index in [1.807, 2.05) is 48.5 Å². The van der Waals surface area contributed by atoms with E-state index < -0.39 is 0 Å². The Kier molecular flexibility index (Phi) is 7.93. The topological polar surface area (TPSA) is 35.0 Å². The molecule has 1 radical (unpaired) electrons. The smallest absolute Gasteiger partial charge is 0.0647 e. The van der Waals surface area contributed by atoms with Gasteiger partial charge in [-0.3, -0.25) is 4.98 Å². The van der Waals surface area contributed by atoms with Crippen LogP contribution in [-0.2, 0) is 25.5 Å². The van der Waals surface area contributed by atoms with Gasteiger partial charge in [0.2, 0.25) is 0 Å². The van der Waals surface area contributed by atoms with Crippen molar-refractivity contribution in [3.8, 4) is 39.4 Å². The van der Waals surface area contributed by atoms with Gasteiger partial charge >= 0.3 is 0 Å². The minimum Gasteiger partial charge on any atom is -0.540 e. The summed E-state index contributed by atoms with van der Waals surface area (Å²) < 4.78 is 5.05. The van der Waals surface area contributed by atoms with Gasteiger partial charge in [-0.25, -0.2) is 0 Å². The van der Waals surface area contributed by atoms with Crippen LogP contribution >= 0.6 is 0 Å². The van der Waals surface area contributed by atoms with Crippen LogP contribution < -0.4 is 4.74 Å². The molecule has 0 spiro atoms. The van der Waals surface area contributed by atoms with Crippen molar-refractivity contribution < 1.29 is 24.8 Å². The van der Waals surface area contributed by atoms with Crippen molar-refractivity contribution in [2.45, 2.75) is 19.3 Å². The second kappa shape index (κ2) is 11.6. The van der Waals surface area contributed by atoms with Crippen molar-refractivity contribution in [2.24, 2.45) is 0 Å². The van der Waals surface area contributed by atoms with E-state index in [-0.39, 0.29) is 25.5 Å². The number of rotatable bonds is 3. The van der Waals surface area contributed by atoms with Gasteiger partial charge in [-0.1, -0.05) is 91.7 Å². The fraction of sp³-hybridized carbons (Fsp3) is 0.111. The fourth-order valence-electron chi connectivity index (χ4n) is 5.22. The van der Waals surface area contributed by atoms with Gasteiger partial charge in [0, 0.05) is 32.1 Å². The Balaban J connectivity index is 0.000000184. The number of hydrogen-bond donors (Lipinski definition) is 0. The number of pyridine rings is 2. The number of ether oxygens (including phenoxy) is 1. The largest absolute Gasteiger partial charge is 0.540 e. The van der Waals surface area contributed by atoms with Gasteiger partial charge in [-0.15, -0.1) is 59.2 Å². The van der Waals surface area contributed by atoms with E-state index in [0.717, 1.165) is 33.8 Å². The van der Waals surface area contributed by atoms with Gasteiger partial charge in [0.05, 0.1) is 12.6 Å². The average Bonchev–Trinajstić information content (AvgIpc) is 3.24. The maximum atomic E-state index is 5.05. The summed E-state index contributed by atoms with van der Waals surface area (Å²) in [6.07, 6.45) is 1.77. The molecule has 2 aromatic heterocycles. The molecular formula is C36H28IrN2O-2. The predicted octanol–water partition coefficient (Wildman–Crippen LogP) is 8.56. The van der Waals surface area contributed by atoms with Gasteiger partial charge in [-0.05, 0) is 39.9 Å². The van der Waals surface area contributed by atoms with Crippen molar-refractivity contribution in [2.75, 3.05) is 7.11 Å². The number of benzene rings is 4. The van der Waals surface area contributed by atoms with Crippen LogP contribution in [-0.4, -0.2) is 17.1 Å². The maximum absolute atomic E-state index is 5.05. The van der Waals surface area contributed by atoms with Crippen LogP contribution in [0.1, 0.15) is 25.0 Å². The molecule has 4 aromatic carbocycles. The third kappa shape index (κ3) is 5.21. The summed E-state index contributed by atoms with van der Waals surface area (Å²) >= 11 is 0. The van der Waals surface area contributed by atoms with Crippen molar-refractivity contribution in [1.29, 1.82) is 0 Å². The van der Waals surface area contributed by atoms with Crippen molar-refractivity contribution in [3.63, 3.8) is 0 Å². The van der Waals surface area contributed by atoms with Crippen LogP contribution in [0.2, 0.25) is 0 Å². The first-order valence-electron chi connectivity index (χ1n) is 13.0. The minimum absolute atomic E-state index is 0. The molecule has 1 aliphatic rings. The maximum Gasteiger partial charge on any atom is 0.0647 e. The molecule has 0 saturated heterocycles. The molecule has 0 fully saturated rings. The van der Waals surface area contributed by atoms with E-state index in [2.05, 4.69) is 91.6 Å². The summed E-state index contributed by atoms with van der Waals surface area (Å²) in [4.78, 5) is 9.07. The summed E-state index contributed by atoms with van der Waals surface area (Å²) in [7, 11) is 1.64. The van der Waals surface area contributed by atoms with Gasteiger partial charge in [0.1, 0.15) is 0 Å². The Labute approximate surface area is 249 Å². The van der Waals surface area contributed by atoms with Crippen LogP contribution in [0.15, 0.2) is 115 Å².